The number of aldehydes is 1. The molecule has 1 saturated carbocycles. The van der Waals surface area contributed by atoms with E-state index in [2.05, 4.69) is 81.4 Å². The molecular weight excluding hydrogens is 348 g/mol. The summed E-state index contributed by atoms with van der Waals surface area (Å²) in [5.74, 6) is 0.472. The van der Waals surface area contributed by atoms with Crippen molar-refractivity contribution >= 4 is 25.0 Å². The standard InChI is InChI=1S/C24H32O2Si/c1-24(2,3)27(22-13-6-4-7-14-22,23-15-8-5-9-16-23)26-21-12-10-11-20(19-21)17-18-25/h4-9,13-16,18,20-21H,10-12,17,19H2,1-3H3. The highest BCUT2D eigenvalue weighted by Crippen LogP contribution is 2.40. The van der Waals surface area contributed by atoms with Gasteiger partial charge in [0.15, 0.2) is 0 Å². The highest BCUT2D eigenvalue weighted by Gasteiger charge is 2.51. The molecular formula is C24H32O2Si. The lowest BCUT2D eigenvalue weighted by atomic mass is 9.86. The molecule has 0 saturated heterocycles. The van der Waals surface area contributed by atoms with Crippen molar-refractivity contribution in [3.05, 3.63) is 60.7 Å². The maximum atomic E-state index is 11.0. The van der Waals surface area contributed by atoms with E-state index in [1.165, 1.54) is 10.4 Å². The van der Waals surface area contributed by atoms with Crippen molar-refractivity contribution < 1.29 is 9.22 Å². The van der Waals surface area contributed by atoms with Crippen LogP contribution < -0.4 is 10.4 Å². The van der Waals surface area contributed by atoms with E-state index >= 15 is 0 Å². The van der Waals surface area contributed by atoms with Crippen LogP contribution in [0.3, 0.4) is 0 Å². The summed E-state index contributed by atoms with van der Waals surface area (Å²) in [4.78, 5) is 11.0. The average Bonchev–Trinajstić information content (AvgIpc) is 2.67. The minimum Gasteiger partial charge on any atom is -0.404 e. The number of hydrogen-bond donors (Lipinski definition) is 0. The van der Waals surface area contributed by atoms with Crippen LogP contribution in [-0.2, 0) is 9.22 Å². The Hall–Kier alpha value is -1.71. The molecule has 0 amide bonds. The fraction of sp³-hybridized carbons (Fsp3) is 0.458. The van der Waals surface area contributed by atoms with Gasteiger partial charge >= 0.3 is 0 Å². The third kappa shape index (κ3) is 4.25. The molecule has 0 spiro atoms. The van der Waals surface area contributed by atoms with Crippen LogP contribution in [0.15, 0.2) is 60.7 Å². The second-order valence-electron chi connectivity index (χ2n) is 8.84. The van der Waals surface area contributed by atoms with Gasteiger partial charge in [0.05, 0.1) is 0 Å². The Morgan fingerprint density at radius 2 is 1.52 bits per heavy atom. The third-order valence-corrected chi connectivity index (χ3v) is 11.0. The summed E-state index contributed by atoms with van der Waals surface area (Å²) in [6.45, 7) is 6.97. The van der Waals surface area contributed by atoms with E-state index < -0.39 is 8.32 Å². The number of hydrogen-bond acceptors (Lipinski definition) is 2. The zero-order valence-electron chi connectivity index (χ0n) is 16.9. The summed E-state index contributed by atoms with van der Waals surface area (Å²) in [7, 11) is -2.48. The summed E-state index contributed by atoms with van der Waals surface area (Å²) < 4.78 is 7.22. The first-order valence-corrected chi connectivity index (χ1v) is 12.1. The topological polar surface area (TPSA) is 26.3 Å². The predicted octanol–water partition coefficient (Wildman–Crippen LogP) is 4.71. The van der Waals surface area contributed by atoms with E-state index in [1.54, 1.807) is 0 Å². The Balaban J connectivity index is 2.05. The number of carbonyl (C=O) groups is 1. The van der Waals surface area contributed by atoms with Gasteiger partial charge in [-0.2, -0.15) is 0 Å². The fourth-order valence-corrected chi connectivity index (χ4v) is 9.37. The molecule has 144 valence electrons. The van der Waals surface area contributed by atoms with E-state index in [0.29, 0.717) is 12.3 Å². The largest absolute Gasteiger partial charge is 0.404 e. The van der Waals surface area contributed by atoms with E-state index in [0.717, 1.165) is 32.0 Å². The zero-order valence-corrected chi connectivity index (χ0v) is 17.9. The first-order valence-electron chi connectivity index (χ1n) is 10.2. The molecule has 0 radical (unpaired) electrons. The van der Waals surface area contributed by atoms with E-state index in [4.69, 9.17) is 4.43 Å². The lowest BCUT2D eigenvalue weighted by Crippen LogP contribution is -2.67. The van der Waals surface area contributed by atoms with Crippen molar-refractivity contribution in [1.29, 1.82) is 0 Å². The van der Waals surface area contributed by atoms with Gasteiger partial charge in [-0.15, -0.1) is 0 Å². The fourth-order valence-electron chi connectivity index (χ4n) is 4.64. The van der Waals surface area contributed by atoms with Gasteiger partial charge in [0.1, 0.15) is 6.29 Å². The molecule has 3 heteroatoms. The monoisotopic (exact) mass is 380 g/mol. The van der Waals surface area contributed by atoms with Gasteiger partial charge in [-0.05, 0) is 40.6 Å². The van der Waals surface area contributed by atoms with Crippen molar-refractivity contribution in [2.24, 2.45) is 5.92 Å². The Labute approximate surface area is 165 Å². The zero-order chi connectivity index (χ0) is 19.3. The minimum absolute atomic E-state index is 0.00725. The molecule has 2 unspecified atom stereocenters. The highest BCUT2D eigenvalue weighted by molar-refractivity contribution is 6.99. The second kappa shape index (κ2) is 8.53. The van der Waals surface area contributed by atoms with Crippen LogP contribution >= 0.6 is 0 Å². The van der Waals surface area contributed by atoms with Crippen molar-refractivity contribution in [2.75, 3.05) is 0 Å². The van der Waals surface area contributed by atoms with Crippen LogP contribution in [0.2, 0.25) is 5.04 Å². The number of benzene rings is 2. The summed E-state index contributed by atoms with van der Waals surface area (Å²) >= 11 is 0. The maximum absolute atomic E-state index is 11.0. The van der Waals surface area contributed by atoms with Crippen LogP contribution in [0.4, 0.5) is 0 Å². The molecule has 2 atom stereocenters. The van der Waals surface area contributed by atoms with Crippen LogP contribution in [0.25, 0.3) is 0 Å². The third-order valence-electron chi connectivity index (χ3n) is 5.92. The summed E-state index contributed by atoms with van der Waals surface area (Å²) in [5, 5.41) is 2.68. The number of carbonyl (C=O) groups excluding carboxylic acids is 1. The molecule has 1 fully saturated rings. The Kier molecular flexibility index (Phi) is 6.33. The maximum Gasteiger partial charge on any atom is 0.261 e. The quantitative estimate of drug-likeness (QED) is 0.536. The summed E-state index contributed by atoms with van der Waals surface area (Å²) in [6.07, 6.45) is 6.38. The van der Waals surface area contributed by atoms with Crippen molar-refractivity contribution in [3.8, 4) is 0 Å². The molecule has 0 N–H and O–H groups in total. The van der Waals surface area contributed by atoms with Crippen molar-refractivity contribution in [3.63, 3.8) is 0 Å². The summed E-state index contributed by atoms with van der Waals surface area (Å²) in [5.41, 5.74) is 0. The first-order chi connectivity index (χ1) is 13.0. The van der Waals surface area contributed by atoms with Gasteiger partial charge in [0, 0.05) is 12.5 Å². The molecule has 0 aromatic heterocycles. The molecule has 1 aliphatic carbocycles. The average molecular weight is 381 g/mol. The van der Waals surface area contributed by atoms with Gasteiger partial charge in [-0.3, -0.25) is 0 Å². The van der Waals surface area contributed by atoms with Gasteiger partial charge in [-0.25, -0.2) is 0 Å². The van der Waals surface area contributed by atoms with Crippen LogP contribution in [-0.4, -0.2) is 20.7 Å². The predicted molar refractivity (Wildman–Crippen MR) is 115 cm³/mol. The molecule has 2 nitrogen and oxygen atoms in total. The molecule has 0 aliphatic heterocycles. The molecule has 2 aromatic rings. The van der Waals surface area contributed by atoms with Crippen molar-refractivity contribution in [2.45, 2.75) is 64.0 Å². The van der Waals surface area contributed by atoms with Crippen LogP contribution in [0.1, 0.15) is 52.9 Å². The molecule has 3 rings (SSSR count). The van der Waals surface area contributed by atoms with Gasteiger partial charge in [-0.1, -0.05) is 87.9 Å². The Morgan fingerprint density at radius 3 is 2.00 bits per heavy atom. The summed E-state index contributed by atoms with van der Waals surface area (Å²) in [6, 6.07) is 21.7. The van der Waals surface area contributed by atoms with Gasteiger partial charge in [0.2, 0.25) is 0 Å². The van der Waals surface area contributed by atoms with Crippen molar-refractivity contribution in [1.82, 2.24) is 0 Å². The Bertz CT molecular complexity index is 682. The normalized spacial score (nSPS) is 21.0. The first kappa shape index (κ1) is 20.0. The molecule has 1 aliphatic rings. The van der Waals surface area contributed by atoms with E-state index in [-0.39, 0.29) is 11.1 Å². The van der Waals surface area contributed by atoms with E-state index in [9.17, 15) is 4.79 Å². The molecule has 27 heavy (non-hydrogen) atoms. The lowest BCUT2D eigenvalue weighted by molar-refractivity contribution is -0.109. The Morgan fingerprint density at radius 1 is 0.963 bits per heavy atom. The molecule has 2 aromatic carbocycles. The molecule has 0 bridgehead atoms. The van der Waals surface area contributed by atoms with Gasteiger partial charge in [0.25, 0.3) is 8.32 Å². The minimum atomic E-state index is -2.48. The number of rotatable bonds is 6. The van der Waals surface area contributed by atoms with Crippen LogP contribution in [0, 0.1) is 5.92 Å². The van der Waals surface area contributed by atoms with E-state index in [1.807, 2.05) is 0 Å². The lowest BCUT2D eigenvalue weighted by Gasteiger charge is -2.46. The smallest absolute Gasteiger partial charge is 0.261 e. The second-order valence-corrected chi connectivity index (χ2v) is 13.1. The highest BCUT2D eigenvalue weighted by atomic mass is 28.4. The van der Waals surface area contributed by atoms with Crippen LogP contribution in [0.5, 0.6) is 0 Å². The SMILES string of the molecule is CC(C)(C)[Si](OC1CCCC(CC=O)C1)(c1ccccc1)c1ccccc1. The molecule has 0 heterocycles. The van der Waals surface area contributed by atoms with Gasteiger partial charge < -0.3 is 9.22 Å².